The van der Waals surface area contributed by atoms with Crippen LogP contribution in [0.1, 0.15) is 64.0 Å². The Morgan fingerprint density at radius 3 is 1.84 bits per heavy atom. The second kappa shape index (κ2) is 27.6. The highest BCUT2D eigenvalue weighted by Gasteiger charge is 2.40. The number of aliphatic hydroxyl groups is 2. The fourth-order valence-corrected chi connectivity index (χ4v) is 7.25. The summed E-state index contributed by atoms with van der Waals surface area (Å²) < 4.78 is 0. The Kier molecular flexibility index (Phi) is 22.4. The molecule has 0 unspecified atom stereocenters. The van der Waals surface area contributed by atoms with Crippen molar-refractivity contribution < 1.29 is 68.4 Å². The van der Waals surface area contributed by atoms with Crippen LogP contribution in [-0.4, -0.2) is 159 Å². The number of phenolic OH excluding ortho intramolecular Hbond substituents is 1. The van der Waals surface area contributed by atoms with Gasteiger partial charge in [0, 0.05) is 19.4 Å². The van der Waals surface area contributed by atoms with Crippen molar-refractivity contribution in [3.05, 3.63) is 65.7 Å². The maximum Gasteiger partial charge on any atom is 0.328 e. The fourth-order valence-electron chi connectivity index (χ4n) is 7.25. The number of carboxylic acid groups (broad SMARTS) is 1. The van der Waals surface area contributed by atoms with Crippen molar-refractivity contribution in [2.24, 2.45) is 17.4 Å². The number of aliphatic hydroxyl groups excluding tert-OH is 2. The molecule has 0 radical (unpaired) electrons. The van der Waals surface area contributed by atoms with Gasteiger partial charge in [-0.2, -0.15) is 0 Å². The zero-order chi connectivity index (χ0) is 51.4. The second-order valence-corrected chi connectivity index (χ2v) is 17.0. The minimum atomic E-state index is -1.66. The molecule has 1 saturated heterocycles. The van der Waals surface area contributed by atoms with E-state index in [1.165, 1.54) is 36.1 Å². The highest BCUT2D eigenvalue weighted by atomic mass is 16.4. The van der Waals surface area contributed by atoms with Gasteiger partial charge in [0.25, 0.3) is 0 Å². The van der Waals surface area contributed by atoms with Crippen LogP contribution in [0.3, 0.4) is 0 Å². The Labute approximate surface area is 398 Å². The summed E-state index contributed by atoms with van der Waals surface area (Å²) in [7, 11) is 0. The van der Waals surface area contributed by atoms with E-state index in [1.807, 2.05) is 0 Å². The number of aliphatic carboxylic acids is 1. The number of carboxylic acids is 1. The predicted octanol–water partition coefficient (Wildman–Crippen LogP) is -4.08. The Bertz CT molecular complexity index is 2120. The van der Waals surface area contributed by atoms with Gasteiger partial charge in [0.2, 0.25) is 53.2 Å². The molecule has 1 aliphatic heterocycles. The van der Waals surface area contributed by atoms with E-state index in [1.54, 1.807) is 44.2 Å². The third-order valence-electron chi connectivity index (χ3n) is 10.9. The first-order chi connectivity index (χ1) is 32.6. The molecule has 9 amide bonds. The minimum Gasteiger partial charge on any atom is -0.508 e. The number of hydrogen-bond donors (Lipinski definition) is 13. The Balaban J connectivity index is 1.65. The first kappa shape index (κ1) is 56.1. The van der Waals surface area contributed by atoms with E-state index in [0.29, 0.717) is 12.0 Å². The number of nitrogens with two attached hydrogens (primary N) is 2. The Hall–Kier alpha value is -7.18. The highest BCUT2D eigenvalue weighted by Crippen LogP contribution is 2.21. The lowest BCUT2D eigenvalue weighted by atomic mass is 10.0. The van der Waals surface area contributed by atoms with E-state index < -0.39 is 127 Å². The zero-order valence-corrected chi connectivity index (χ0v) is 38.6. The number of rotatable bonds is 27. The normalized spacial score (nSPS) is 16.3. The van der Waals surface area contributed by atoms with Gasteiger partial charge in [-0.3, -0.25) is 43.2 Å². The summed E-state index contributed by atoms with van der Waals surface area (Å²) in [4.78, 5) is 131. The van der Waals surface area contributed by atoms with Crippen LogP contribution in [0.5, 0.6) is 5.75 Å². The highest BCUT2D eigenvalue weighted by molar-refractivity contribution is 5.97. The number of carbonyl (C=O) groups is 10. The van der Waals surface area contributed by atoms with Crippen LogP contribution in [0.25, 0.3) is 0 Å². The zero-order valence-electron chi connectivity index (χ0n) is 38.6. The quantitative estimate of drug-likeness (QED) is 0.0405. The number of phenols is 1. The number of primary amides is 1. The van der Waals surface area contributed by atoms with E-state index in [-0.39, 0.29) is 56.7 Å². The average molecular weight is 969 g/mol. The topological polar surface area (TPSA) is 391 Å². The van der Waals surface area contributed by atoms with Crippen LogP contribution in [-0.2, 0) is 60.8 Å². The summed E-state index contributed by atoms with van der Waals surface area (Å²) in [6, 6.07) is 5.16. The number of benzene rings is 2. The van der Waals surface area contributed by atoms with Crippen LogP contribution in [0.2, 0.25) is 0 Å². The van der Waals surface area contributed by atoms with Crippen molar-refractivity contribution >= 4 is 59.1 Å². The molecular formula is C45H64N10O14. The van der Waals surface area contributed by atoms with Crippen molar-refractivity contribution in [3.63, 3.8) is 0 Å². The van der Waals surface area contributed by atoms with Gasteiger partial charge < -0.3 is 74.0 Å². The molecule has 0 aromatic heterocycles. The summed E-state index contributed by atoms with van der Waals surface area (Å²) in [5.74, 6) is -9.27. The van der Waals surface area contributed by atoms with Crippen LogP contribution < -0.4 is 48.7 Å². The van der Waals surface area contributed by atoms with Crippen molar-refractivity contribution in [2.75, 3.05) is 26.2 Å². The third-order valence-corrected chi connectivity index (χ3v) is 10.9. The lowest BCUT2D eigenvalue weighted by Gasteiger charge is -2.30. The van der Waals surface area contributed by atoms with E-state index in [9.17, 15) is 68.4 Å². The van der Waals surface area contributed by atoms with E-state index in [4.69, 9.17) is 11.5 Å². The van der Waals surface area contributed by atoms with Gasteiger partial charge in [0.1, 0.15) is 36.0 Å². The number of nitrogens with zero attached hydrogens (tertiary/aromatic N) is 1. The second-order valence-electron chi connectivity index (χ2n) is 17.0. The molecule has 0 spiro atoms. The molecule has 3 rings (SSSR count). The van der Waals surface area contributed by atoms with Crippen LogP contribution in [0, 0.1) is 5.92 Å². The van der Waals surface area contributed by atoms with Crippen LogP contribution in [0.15, 0.2) is 54.6 Å². The first-order valence-corrected chi connectivity index (χ1v) is 22.3. The molecule has 0 saturated carbocycles. The van der Waals surface area contributed by atoms with Crippen LogP contribution >= 0.6 is 0 Å². The summed E-state index contributed by atoms with van der Waals surface area (Å²) in [5, 5.41) is 55.7. The number of carbonyl (C=O) groups excluding carboxylic acids is 9. The van der Waals surface area contributed by atoms with Gasteiger partial charge >= 0.3 is 5.97 Å². The first-order valence-electron chi connectivity index (χ1n) is 22.3. The maximum atomic E-state index is 14.2. The molecule has 1 heterocycles. The molecule has 0 aliphatic carbocycles. The molecule has 69 heavy (non-hydrogen) atoms. The number of amides is 9. The van der Waals surface area contributed by atoms with Gasteiger partial charge in [-0.1, -0.05) is 56.3 Å². The maximum absolute atomic E-state index is 14.2. The van der Waals surface area contributed by atoms with Crippen molar-refractivity contribution in [2.45, 2.75) is 114 Å². The van der Waals surface area contributed by atoms with E-state index >= 15 is 0 Å². The predicted molar refractivity (Wildman–Crippen MR) is 245 cm³/mol. The van der Waals surface area contributed by atoms with Crippen molar-refractivity contribution in [1.29, 1.82) is 0 Å². The molecule has 2 aromatic carbocycles. The molecule has 378 valence electrons. The summed E-state index contributed by atoms with van der Waals surface area (Å²) in [5.41, 5.74) is 12.5. The SMILES string of the molecule is CC(C)C[C@H](NC(=O)[C@@H]1CCCN1C(=O)[C@H](Cc1ccc(O)cc1)NC(=O)CNC(=O)[C@H](CO)NC(=O)CNC(=O)[C@H](CCC(N)=O)NC(=O)[C@@H](N)Cc1ccccc1)C(=O)N[C@H](C(=O)O)[C@@H](C)O. The number of aromatic hydroxyl groups is 1. The molecular weight excluding hydrogens is 905 g/mol. The smallest absolute Gasteiger partial charge is 0.328 e. The molecule has 8 atom stereocenters. The minimum absolute atomic E-state index is 0.0731. The standard InChI is InChI=1S/C45H64N10O14/c1-24(2)18-31(42(65)54-38(25(3)57)45(68)69)53-43(66)34-10-7-17-55(34)44(67)32(20-27-11-13-28(58)14-12-27)50-36(60)21-49-41(64)33(23-56)51-37(61)22-48-40(63)30(15-16-35(47)59)52-39(62)29(46)19-26-8-5-4-6-9-26/h4-6,8-9,11-14,24-25,29-34,38,56-58H,7,10,15-23,46H2,1-3H3,(H2,47,59)(H,48,63)(H,49,64)(H,50,60)(H,51,61)(H,52,62)(H,53,66)(H,54,65)(H,68,69)/t25-,29+,30+,31+,32+,33+,34+,38+/m1/s1. The fraction of sp³-hybridized carbons (Fsp3) is 0.511. The van der Waals surface area contributed by atoms with E-state index in [0.717, 1.165) is 5.56 Å². The molecule has 2 aromatic rings. The van der Waals surface area contributed by atoms with Gasteiger partial charge in [-0.15, -0.1) is 0 Å². The van der Waals surface area contributed by atoms with Gasteiger partial charge in [-0.05, 0) is 68.2 Å². The van der Waals surface area contributed by atoms with E-state index in [2.05, 4.69) is 37.2 Å². The number of nitrogens with one attached hydrogen (secondary N) is 7. The number of likely N-dealkylation sites (tertiary alicyclic amines) is 1. The summed E-state index contributed by atoms with van der Waals surface area (Å²) in [6.07, 6.45) is -1.38. The summed E-state index contributed by atoms with van der Waals surface area (Å²) in [6.45, 7) is 2.32. The van der Waals surface area contributed by atoms with Crippen molar-refractivity contribution in [3.8, 4) is 5.75 Å². The molecule has 1 fully saturated rings. The van der Waals surface area contributed by atoms with Gasteiger partial charge in [-0.25, -0.2) is 4.79 Å². The molecule has 1 aliphatic rings. The third kappa shape index (κ3) is 18.8. The Morgan fingerprint density at radius 1 is 0.710 bits per heavy atom. The molecule has 15 N–H and O–H groups in total. The average Bonchev–Trinajstić information content (AvgIpc) is 3.80. The molecule has 24 heteroatoms. The number of hydrogen-bond acceptors (Lipinski definition) is 14. The Morgan fingerprint density at radius 2 is 1.29 bits per heavy atom. The largest absolute Gasteiger partial charge is 0.508 e. The summed E-state index contributed by atoms with van der Waals surface area (Å²) >= 11 is 0. The lowest BCUT2D eigenvalue weighted by Crippen LogP contribution is -2.59. The van der Waals surface area contributed by atoms with Gasteiger partial charge in [0.15, 0.2) is 6.04 Å². The van der Waals surface area contributed by atoms with Gasteiger partial charge in [0.05, 0.1) is 31.8 Å². The molecule has 0 bridgehead atoms. The molecule has 24 nitrogen and oxygen atoms in total. The lowest BCUT2D eigenvalue weighted by molar-refractivity contribution is -0.145. The monoisotopic (exact) mass is 968 g/mol. The van der Waals surface area contributed by atoms with Crippen molar-refractivity contribution in [1.82, 2.24) is 42.1 Å². The van der Waals surface area contributed by atoms with Crippen LogP contribution in [0.4, 0.5) is 0 Å².